The molecule has 0 radical (unpaired) electrons. The lowest BCUT2D eigenvalue weighted by Gasteiger charge is -2.08. The molecule has 6 heteroatoms. The van der Waals surface area contributed by atoms with E-state index in [1.807, 2.05) is 29.5 Å². The fourth-order valence-electron chi connectivity index (χ4n) is 1.52. The summed E-state index contributed by atoms with van der Waals surface area (Å²) in [6.45, 7) is 2.92. The van der Waals surface area contributed by atoms with Gasteiger partial charge in [-0.25, -0.2) is 9.59 Å². The topological polar surface area (TPSA) is 61.8 Å². The van der Waals surface area contributed by atoms with Crippen LogP contribution < -0.4 is 0 Å². The Morgan fingerprint density at radius 1 is 1.00 bits per heavy atom. The first-order chi connectivity index (χ1) is 10.1. The molecule has 0 atom stereocenters. The first kappa shape index (κ1) is 17.9. The van der Waals surface area contributed by atoms with Gasteiger partial charge in [0.25, 0.3) is 0 Å². The molecule has 0 heterocycles. The number of ether oxygens (including phenoxy) is 3. The smallest absolute Gasteiger partial charge is 0.338 e. The van der Waals surface area contributed by atoms with Crippen molar-refractivity contribution in [1.82, 2.24) is 0 Å². The summed E-state index contributed by atoms with van der Waals surface area (Å²) in [6, 6.07) is 4.84. The molecule has 0 saturated heterocycles. The monoisotopic (exact) mass is 406 g/mol. The number of benzene rings is 1. The van der Waals surface area contributed by atoms with E-state index in [9.17, 15) is 9.59 Å². The van der Waals surface area contributed by atoms with Crippen LogP contribution in [0.25, 0.3) is 0 Å². The summed E-state index contributed by atoms with van der Waals surface area (Å²) in [5, 5.41) is 0. The van der Waals surface area contributed by atoms with Gasteiger partial charge in [0.1, 0.15) is 6.61 Å². The Balaban J connectivity index is 2.74. The Bertz CT molecular complexity index is 447. The molecule has 116 valence electrons. The van der Waals surface area contributed by atoms with Crippen molar-refractivity contribution in [2.24, 2.45) is 0 Å². The summed E-state index contributed by atoms with van der Waals surface area (Å²) in [5.74, 6) is -0.902. The summed E-state index contributed by atoms with van der Waals surface area (Å²) in [4.78, 5) is 23.8. The van der Waals surface area contributed by atoms with Crippen LogP contribution in [0.2, 0.25) is 0 Å². The molecule has 0 fully saturated rings. The van der Waals surface area contributed by atoms with Gasteiger partial charge in [0, 0.05) is 10.7 Å². The van der Waals surface area contributed by atoms with Crippen molar-refractivity contribution in [2.75, 3.05) is 26.9 Å². The zero-order valence-corrected chi connectivity index (χ0v) is 14.3. The van der Waals surface area contributed by atoms with Crippen LogP contribution in [-0.2, 0) is 14.2 Å². The first-order valence-electron chi connectivity index (χ1n) is 6.72. The van der Waals surface area contributed by atoms with Crippen molar-refractivity contribution in [3.63, 3.8) is 0 Å². The number of carbonyl (C=O) groups is 2. The third-order valence-corrected chi connectivity index (χ3v) is 3.24. The Kier molecular flexibility index (Phi) is 8.29. The minimum absolute atomic E-state index is 0.178. The van der Waals surface area contributed by atoms with E-state index >= 15 is 0 Å². The fraction of sp³-hybridized carbons (Fsp3) is 0.467. The average Bonchev–Trinajstić information content (AvgIpc) is 2.47. The minimum atomic E-state index is -0.479. The van der Waals surface area contributed by atoms with Gasteiger partial charge in [-0.2, -0.15) is 0 Å². The molecule has 0 amide bonds. The summed E-state index contributed by atoms with van der Waals surface area (Å²) in [6.07, 6.45) is 1.78. The SMILES string of the molecule is CCCCOC(=O)c1cc(I)cc(C(=O)OCCOC)c1. The third kappa shape index (κ3) is 6.43. The van der Waals surface area contributed by atoms with Gasteiger partial charge < -0.3 is 14.2 Å². The number of hydrogen-bond acceptors (Lipinski definition) is 5. The molecule has 0 bridgehead atoms. The number of carbonyl (C=O) groups excluding carboxylic acids is 2. The number of methoxy groups -OCH3 is 1. The third-order valence-electron chi connectivity index (χ3n) is 2.62. The molecule has 0 N–H and O–H groups in total. The standard InChI is InChI=1S/C15H19IO5/c1-3-4-5-20-14(17)11-8-12(10-13(16)9-11)15(18)21-7-6-19-2/h8-10H,3-7H2,1-2H3. The molecule has 1 aromatic carbocycles. The van der Waals surface area contributed by atoms with Gasteiger partial charge in [-0.3, -0.25) is 0 Å². The second-order valence-electron chi connectivity index (χ2n) is 4.35. The first-order valence-corrected chi connectivity index (χ1v) is 7.80. The summed E-state index contributed by atoms with van der Waals surface area (Å²) in [7, 11) is 1.53. The van der Waals surface area contributed by atoms with Gasteiger partial charge in [-0.05, 0) is 47.2 Å². The number of halogens is 1. The van der Waals surface area contributed by atoms with Gasteiger partial charge in [0.05, 0.1) is 24.3 Å². The minimum Gasteiger partial charge on any atom is -0.462 e. The highest BCUT2D eigenvalue weighted by Crippen LogP contribution is 2.15. The van der Waals surface area contributed by atoms with Crippen LogP contribution in [0.1, 0.15) is 40.5 Å². The number of rotatable bonds is 8. The normalized spacial score (nSPS) is 10.2. The maximum Gasteiger partial charge on any atom is 0.338 e. The van der Waals surface area contributed by atoms with E-state index in [1.54, 1.807) is 12.1 Å². The Morgan fingerprint density at radius 3 is 2.10 bits per heavy atom. The molecular weight excluding hydrogens is 387 g/mol. The van der Waals surface area contributed by atoms with Crippen LogP contribution in [0.4, 0.5) is 0 Å². The lowest BCUT2D eigenvalue weighted by molar-refractivity contribution is 0.0388. The average molecular weight is 406 g/mol. The van der Waals surface area contributed by atoms with Gasteiger partial charge in [0.2, 0.25) is 0 Å². The molecule has 1 rings (SSSR count). The molecule has 0 saturated carbocycles. The molecule has 0 aliphatic rings. The highest BCUT2D eigenvalue weighted by Gasteiger charge is 2.14. The molecule has 0 aliphatic carbocycles. The summed E-state index contributed by atoms with van der Waals surface area (Å²) < 4.78 is 15.8. The second kappa shape index (κ2) is 9.73. The largest absolute Gasteiger partial charge is 0.462 e. The van der Waals surface area contributed by atoms with E-state index < -0.39 is 11.9 Å². The molecule has 0 unspecified atom stereocenters. The number of hydrogen-bond donors (Lipinski definition) is 0. The predicted molar refractivity (Wildman–Crippen MR) is 86.5 cm³/mol. The highest BCUT2D eigenvalue weighted by atomic mass is 127. The van der Waals surface area contributed by atoms with Gasteiger partial charge in [-0.1, -0.05) is 13.3 Å². The zero-order valence-electron chi connectivity index (χ0n) is 12.2. The van der Waals surface area contributed by atoms with Crippen molar-refractivity contribution >= 4 is 34.5 Å². The van der Waals surface area contributed by atoms with Crippen molar-refractivity contribution < 1.29 is 23.8 Å². The van der Waals surface area contributed by atoms with Crippen LogP contribution >= 0.6 is 22.6 Å². The summed E-state index contributed by atoms with van der Waals surface area (Å²) >= 11 is 2.05. The van der Waals surface area contributed by atoms with E-state index in [4.69, 9.17) is 14.2 Å². The van der Waals surface area contributed by atoms with Gasteiger partial charge >= 0.3 is 11.9 Å². The van der Waals surface area contributed by atoms with E-state index in [1.165, 1.54) is 13.2 Å². The highest BCUT2D eigenvalue weighted by molar-refractivity contribution is 14.1. The van der Waals surface area contributed by atoms with Crippen LogP contribution in [-0.4, -0.2) is 38.9 Å². The van der Waals surface area contributed by atoms with Crippen molar-refractivity contribution in [3.05, 3.63) is 32.9 Å². The molecule has 21 heavy (non-hydrogen) atoms. The maximum atomic E-state index is 11.9. The number of unbranched alkanes of at least 4 members (excludes halogenated alkanes) is 1. The van der Waals surface area contributed by atoms with Crippen LogP contribution in [0.15, 0.2) is 18.2 Å². The lowest BCUT2D eigenvalue weighted by atomic mass is 10.1. The molecule has 0 spiro atoms. The van der Waals surface area contributed by atoms with Gasteiger partial charge in [-0.15, -0.1) is 0 Å². The molecule has 0 aromatic heterocycles. The van der Waals surface area contributed by atoms with Gasteiger partial charge in [0.15, 0.2) is 0 Å². The zero-order chi connectivity index (χ0) is 15.7. The fourth-order valence-corrected chi connectivity index (χ4v) is 2.19. The quantitative estimate of drug-likeness (QED) is 0.377. The Morgan fingerprint density at radius 2 is 1.57 bits per heavy atom. The molecule has 5 nitrogen and oxygen atoms in total. The molecule has 0 aliphatic heterocycles. The van der Waals surface area contributed by atoms with E-state index in [2.05, 4.69) is 0 Å². The van der Waals surface area contributed by atoms with Crippen LogP contribution in [0.3, 0.4) is 0 Å². The molecular formula is C15H19IO5. The Hall–Kier alpha value is -1.15. The second-order valence-corrected chi connectivity index (χ2v) is 5.59. The summed E-state index contributed by atoms with van der Waals surface area (Å²) in [5.41, 5.74) is 0.692. The van der Waals surface area contributed by atoms with Crippen molar-refractivity contribution in [2.45, 2.75) is 19.8 Å². The van der Waals surface area contributed by atoms with E-state index in [0.29, 0.717) is 24.3 Å². The number of esters is 2. The van der Waals surface area contributed by atoms with E-state index in [-0.39, 0.29) is 6.61 Å². The van der Waals surface area contributed by atoms with Crippen LogP contribution in [0.5, 0.6) is 0 Å². The molecule has 1 aromatic rings. The van der Waals surface area contributed by atoms with E-state index in [0.717, 1.165) is 16.4 Å². The van der Waals surface area contributed by atoms with Crippen LogP contribution in [0, 0.1) is 3.57 Å². The van der Waals surface area contributed by atoms with Crippen molar-refractivity contribution in [1.29, 1.82) is 0 Å². The predicted octanol–water partition coefficient (Wildman–Crippen LogP) is 3.05. The lowest BCUT2D eigenvalue weighted by Crippen LogP contribution is -2.12. The maximum absolute atomic E-state index is 11.9. The Labute approximate surface area is 138 Å². The van der Waals surface area contributed by atoms with Crippen molar-refractivity contribution in [3.8, 4) is 0 Å².